The number of hydrogen-bond donors (Lipinski definition) is 2. The van der Waals surface area contributed by atoms with Gasteiger partial charge in [-0.25, -0.2) is 9.97 Å². The highest BCUT2D eigenvalue weighted by Gasteiger charge is 2.09. The van der Waals surface area contributed by atoms with E-state index in [9.17, 15) is 0 Å². The zero-order chi connectivity index (χ0) is 20.5. The molecule has 0 spiro atoms. The molecule has 0 aliphatic rings. The van der Waals surface area contributed by atoms with Crippen molar-refractivity contribution >= 4 is 5.96 Å². The van der Waals surface area contributed by atoms with Crippen molar-refractivity contribution in [3.63, 3.8) is 0 Å². The standard InChI is InChI=1S/C22H27N5O2/c1-4-12-28-20-18(6-5-11-24-20)13-25-22(23-3)26-14-19-15-29-21(27-19)17-9-7-16(2)8-10-17/h5-11,15H,4,12-14H2,1-3H3,(H2,23,25,26). The van der Waals surface area contributed by atoms with Gasteiger partial charge in [0.1, 0.15) is 6.26 Å². The van der Waals surface area contributed by atoms with Crippen LogP contribution in [0.25, 0.3) is 11.5 Å². The molecule has 1 aromatic carbocycles. The quantitative estimate of drug-likeness (QED) is 0.448. The first kappa shape index (κ1) is 20.4. The Labute approximate surface area is 171 Å². The van der Waals surface area contributed by atoms with Crippen LogP contribution in [-0.4, -0.2) is 29.6 Å². The number of guanidine groups is 1. The molecular formula is C22H27N5O2. The van der Waals surface area contributed by atoms with E-state index < -0.39 is 0 Å². The molecule has 0 fully saturated rings. The summed E-state index contributed by atoms with van der Waals surface area (Å²) >= 11 is 0. The van der Waals surface area contributed by atoms with Crippen molar-refractivity contribution in [2.45, 2.75) is 33.4 Å². The Hall–Kier alpha value is -3.35. The van der Waals surface area contributed by atoms with Crippen molar-refractivity contribution in [2.24, 2.45) is 4.99 Å². The first-order chi connectivity index (χ1) is 14.2. The second-order valence-electron chi connectivity index (χ2n) is 6.61. The Balaban J connectivity index is 1.54. The molecule has 152 valence electrons. The smallest absolute Gasteiger partial charge is 0.226 e. The normalized spacial score (nSPS) is 11.3. The Morgan fingerprint density at radius 1 is 1.14 bits per heavy atom. The van der Waals surface area contributed by atoms with Gasteiger partial charge in [-0.15, -0.1) is 0 Å². The van der Waals surface area contributed by atoms with Gasteiger partial charge in [0.15, 0.2) is 5.96 Å². The first-order valence-electron chi connectivity index (χ1n) is 9.72. The molecule has 2 N–H and O–H groups in total. The fourth-order valence-electron chi connectivity index (χ4n) is 2.68. The van der Waals surface area contributed by atoms with Gasteiger partial charge in [-0.2, -0.15) is 0 Å². The van der Waals surface area contributed by atoms with Crippen LogP contribution in [0.1, 0.15) is 30.2 Å². The monoisotopic (exact) mass is 393 g/mol. The molecule has 0 radical (unpaired) electrons. The van der Waals surface area contributed by atoms with Gasteiger partial charge in [0.05, 0.1) is 18.8 Å². The zero-order valence-electron chi connectivity index (χ0n) is 17.1. The second kappa shape index (κ2) is 10.3. The Morgan fingerprint density at radius 2 is 1.93 bits per heavy atom. The number of rotatable bonds is 8. The summed E-state index contributed by atoms with van der Waals surface area (Å²) in [7, 11) is 1.73. The van der Waals surface area contributed by atoms with Crippen LogP contribution >= 0.6 is 0 Å². The van der Waals surface area contributed by atoms with Crippen molar-refractivity contribution in [1.29, 1.82) is 0 Å². The maximum absolute atomic E-state index is 5.70. The summed E-state index contributed by atoms with van der Waals surface area (Å²) in [6.45, 7) is 5.83. The summed E-state index contributed by atoms with van der Waals surface area (Å²) in [5.41, 5.74) is 3.94. The maximum atomic E-state index is 5.70. The number of oxazole rings is 1. The lowest BCUT2D eigenvalue weighted by atomic mass is 10.1. The van der Waals surface area contributed by atoms with E-state index in [1.165, 1.54) is 5.56 Å². The summed E-state index contributed by atoms with van der Waals surface area (Å²) in [5.74, 6) is 1.92. The van der Waals surface area contributed by atoms with Gasteiger partial charge in [-0.1, -0.05) is 30.7 Å². The number of nitrogens with one attached hydrogen (secondary N) is 2. The molecule has 0 bridgehead atoms. The number of pyridine rings is 1. The van der Waals surface area contributed by atoms with Gasteiger partial charge in [0.25, 0.3) is 0 Å². The molecule has 7 nitrogen and oxygen atoms in total. The third kappa shape index (κ3) is 5.81. The molecule has 0 saturated carbocycles. The van der Waals surface area contributed by atoms with E-state index in [1.54, 1.807) is 19.5 Å². The van der Waals surface area contributed by atoms with E-state index in [-0.39, 0.29) is 0 Å². The Morgan fingerprint density at radius 3 is 2.69 bits per heavy atom. The van der Waals surface area contributed by atoms with Crippen LogP contribution in [0.15, 0.2) is 58.3 Å². The van der Waals surface area contributed by atoms with E-state index in [4.69, 9.17) is 9.15 Å². The van der Waals surface area contributed by atoms with Gasteiger partial charge < -0.3 is 19.8 Å². The van der Waals surface area contributed by atoms with Crippen molar-refractivity contribution in [1.82, 2.24) is 20.6 Å². The van der Waals surface area contributed by atoms with Gasteiger partial charge in [0.2, 0.25) is 11.8 Å². The van der Waals surface area contributed by atoms with Crippen molar-refractivity contribution < 1.29 is 9.15 Å². The lowest BCUT2D eigenvalue weighted by Gasteiger charge is -2.13. The van der Waals surface area contributed by atoms with Crippen molar-refractivity contribution in [3.05, 3.63) is 65.7 Å². The molecule has 2 aromatic heterocycles. The molecule has 0 aliphatic heterocycles. The predicted molar refractivity (Wildman–Crippen MR) is 114 cm³/mol. The lowest BCUT2D eigenvalue weighted by Crippen LogP contribution is -2.36. The number of aryl methyl sites for hydroxylation is 1. The number of aromatic nitrogens is 2. The molecule has 0 aliphatic carbocycles. The largest absolute Gasteiger partial charge is 0.477 e. The Kier molecular flexibility index (Phi) is 7.22. The second-order valence-corrected chi connectivity index (χ2v) is 6.61. The predicted octanol–water partition coefficient (Wildman–Crippen LogP) is 3.70. The van der Waals surface area contributed by atoms with Crippen molar-refractivity contribution in [2.75, 3.05) is 13.7 Å². The molecule has 29 heavy (non-hydrogen) atoms. The van der Waals surface area contributed by atoms with Crippen LogP contribution < -0.4 is 15.4 Å². The number of benzene rings is 1. The van der Waals surface area contributed by atoms with E-state index in [2.05, 4.69) is 39.4 Å². The average molecular weight is 393 g/mol. The number of nitrogens with zero attached hydrogens (tertiary/aromatic N) is 3. The number of aliphatic imine (C=N–C) groups is 1. The van der Waals surface area contributed by atoms with Gasteiger partial charge in [-0.05, 0) is 31.5 Å². The molecule has 0 saturated heterocycles. The summed E-state index contributed by atoms with van der Waals surface area (Å²) in [6.07, 6.45) is 4.33. The third-order valence-corrected chi connectivity index (χ3v) is 4.25. The van der Waals surface area contributed by atoms with E-state index >= 15 is 0 Å². The molecule has 3 aromatic rings. The molecular weight excluding hydrogens is 366 g/mol. The third-order valence-electron chi connectivity index (χ3n) is 4.25. The molecule has 2 heterocycles. The summed E-state index contributed by atoms with van der Waals surface area (Å²) < 4.78 is 11.3. The van der Waals surface area contributed by atoms with Gasteiger partial charge in [-0.3, -0.25) is 4.99 Å². The molecule has 0 unspecified atom stereocenters. The zero-order valence-corrected chi connectivity index (χ0v) is 17.1. The van der Waals surface area contributed by atoms with Crippen LogP contribution in [-0.2, 0) is 13.1 Å². The highest BCUT2D eigenvalue weighted by Crippen LogP contribution is 2.19. The highest BCUT2D eigenvalue weighted by atomic mass is 16.5. The van der Waals surface area contributed by atoms with Crippen LogP contribution in [0.5, 0.6) is 5.88 Å². The summed E-state index contributed by atoms with van der Waals surface area (Å²) in [4.78, 5) is 13.1. The first-order valence-corrected chi connectivity index (χ1v) is 9.72. The minimum Gasteiger partial charge on any atom is -0.477 e. The van der Waals surface area contributed by atoms with E-state index in [0.717, 1.165) is 23.2 Å². The number of hydrogen-bond acceptors (Lipinski definition) is 5. The molecule has 0 atom stereocenters. The molecule has 7 heteroatoms. The highest BCUT2D eigenvalue weighted by molar-refractivity contribution is 5.79. The van der Waals surface area contributed by atoms with Crippen LogP contribution in [0.2, 0.25) is 0 Å². The average Bonchev–Trinajstić information content (AvgIpc) is 3.22. The fourth-order valence-corrected chi connectivity index (χ4v) is 2.68. The van der Waals surface area contributed by atoms with Crippen molar-refractivity contribution in [3.8, 4) is 17.3 Å². The maximum Gasteiger partial charge on any atom is 0.226 e. The molecule has 0 amide bonds. The van der Waals surface area contributed by atoms with Crippen LogP contribution in [0.3, 0.4) is 0 Å². The fraction of sp³-hybridized carbons (Fsp3) is 0.318. The van der Waals surface area contributed by atoms with Gasteiger partial charge >= 0.3 is 0 Å². The van der Waals surface area contributed by atoms with Gasteiger partial charge in [0, 0.05) is 30.9 Å². The minimum absolute atomic E-state index is 0.501. The van der Waals surface area contributed by atoms with E-state index in [1.807, 2.05) is 36.4 Å². The summed E-state index contributed by atoms with van der Waals surface area (Å²) in [5, 5.41) is 6.53. The topological polar surface area (TPSA) is 84.6 Å². The number of ether oxygens (including phenoxy) is 1. The SMILES string of the molecule is CCCOc1ncccc1CNC(=NC)NCc1coc(-c2ccc(C)cc2)n1. The van der Waals surface area contributed by atoms with Crippen LogP contribution in [0, 0.1) is 6.92 Å². The Bertz CT molecular complexity index is 934. The van der Waals surface area contributed by atoms with Crippen LogP contribution in [0.4, 0.5) is 0 Å². The summed E-state index contributed by atoms with van der Waals surface area (Å²) in [6, 6.07) is 12.0. The lowest BCUT2D eigenvalue weighted by molar-refractivity contribution is 0.301. The molecule has 3 rings (SSSR count). The van der Waals surface area contributed by atoms with E-state index in [0.29, 0.717) is 37.4 Å². The minimum atomic E-state index is 0.501.